The average Bonchev–Trinajstić information content (AvgIpc) is 2.02. The summed E-state index contributed by atoms with van der Waals surface area (Å²) in [7, 11) is 1.12. The number of rotatable bonds is 2. The average molecular weight is 175 g/mol. The van der Waals surface area contributed by atoms with Gasteiger partial charge in [0.2, 0.25) is 0 Å². The fourth-order valence-electron chi connectivity index (χ4n) is 0.464. The molecule has 0 saturated heterocycles. The fourth-order valence-corrected chi connectivity index (χ4v) is 0.464. The summed E-state index contributed by atoms with van der Waals surface area (Å²) >= 11 is 0. The van der Waals surface area contributed by atoms with Gasteiger partial charge < -0.3 is 15.2 Å². The molecule has 5 heteroatoms. The summed E-state index contributed by atoms with van der Waals surface area (Å²) in [6.07, 6.45) is -1.03. The van der Waals surface area contributed by atoms with E-state index in [1.54, 1.807) is 13.8 Å². The Labute approximate surface area is 70.8 Å². The first-order valence-corrected chi connectivity index (χ1v) is 3.54. The Morgan fingerprint density at radius 1 is 1.33 bits per heavy atom. The van der Waals surface area contributed by atoms with E-state index >= 15 is 0 Å². The molecule has 0 aliphatic carbocycles. The minimum Gasteiger partial charge on any atom is -0.437 e. The summed E-state index contributed by atoms with van der Waals surface area (Å²) in [4.78, 5) is 21.3. The molecule has 0 unspecified atom stereocenters. The first kappa shape index (κ1) is 10.9. The lowest BCUT2D eigenvalue weighted by Gasteiger charge is -2.12. The third-order valence-electron chi connectivity index (χ3n) is 1.34. The zero-order valence-corrected chi connectivity index (χ0v) is 7.37. The maximum Gasteiger partial charge on any atom is 0.515 e. The molecule has 5 nitrogen and oxygen atoms in total. The van der Waals surface area contributed by atoms with Gasteiger partial charge in [0.1, 0.15) is 6.04 Å². The monoisotopic (exact) mass is 175 g/mol. The molecule has 0 aromatic heterocycles. The highest BCUT2D eigenvalue weighted by Gasteiger charge is 2.21. The molecule has 0 radical (unpaired) electrons. The Balaban J connectivity index is 3.96. The van der Waals surface area contributed by atoms with Crippen molar-refractivity contribution in [3.05, 3.63) is 0 Å². The molecule has 0 aromatic rings. The van der Waals surface area contributed by atoms with Gasteiger partial charge >= 0.3 is 12.1 Å². The zero-order valence-electron chi connectivity index (χ0n) is 7.37. The number of hydrogen-bond donors (Lipinski definition) is 1. The summed E-state index contributed by atoms with van der Waals surface area (Å²) in [6, 6.07) is -0.788. The van der Waals surface area contributed by atoms with Crippen LogP contribution in [0.15, 0.2) is 0 Å². The number of hydrogen-bond acceptors (Lipinski definition) is 5. The Morgan fingerprint density at radius 2 is 1.83 bits per heavy atom. The maximum atomic E-state index is 10.9. The Kier molecular flexibility index (Phi) is 4.28. The van der Waals surface area contributed by atoms with Gasteiger partial charge in [-0.1, -0.05) is 13.8 Å². The van der Waals surface area contributed by atoms with Crippen molar-refractivity contribution in [1.29, 1.82) is 0 Å². The first-order chi connectivity index (χ1) is 5.49. The van der Waals surface area contributed by atoms with Gasteiger partial charge in [0, 0.05) is 0 Å². The largest absolute Gasteiger partial charge is 0.515 e. The molecule has 0 amide bonds. The molecule has 0 saturated carbocycles. The minimum absolute atomic E-state index is 0.0674. The van der Waals surface area contributed by atoms with Crippen LogP contribution in [-0.4, -0.2) is 25.3 Å². The number of methoxy groups -OCH3 is 1. The van der Waals surface area contributed by atoms with Crippen LogP contribution in [-0.2, 0) is 14.3 Å². The summed E-state index contributed by atoms with van der Waals surface area (Å²) < 4.78 is 8.31. The SMILES string of the molecule is COC(=O)OC(=O)[C@@H](N)C(C)C. The highest BCUT2D eigenvalue weighted by molar-refractivity contribution is 5.85. The van der Waals surface area contributed by atoms with Crippen molar-refractivity contribution >= 4 is 12.1 Å². The van der Waals surface area contributed by atoms with Crippen LogP contribution in [0, 0.1) is 5.92 Å². The first-order valence-electron chi connectivity index (χ1n) is 3.54. The number of ether oxygens (including phenoxy) is 2. The summed E-state index contributed by atoms with van der Waals surface area (Å²) in [5, 5.41) is 0. The molecule has 0 aromatic carbocycles. The lowest BCUT2D eigenvalue weighted by molar-refractivity contribution is -0.141. The highest BCUT2D eigenvalue weighted by Crippen LogP contribution is 2.00. The summed E-state index contributed by atoms with van der Waals surface area (Å²) in [5.41, 5.74) is 5.38. The van der Waals surface area contributed by atoms with Crippen LogP contribution in [0.4, 0.5) is 4.79 Å². The van der Waals surface area contributed by atoms with Crippen LogP contribution in [0.3, 0.4) is 0 Å². The third-order valence-corrected chi connectivity index (χ3v) is 1.34. The van der Waals surface area contributed by atoms with Crippen LogP contribution in [0.25, 0.3) is 0 Å². The Bertz CT molecular complexity index is 178. The zero-order chi connectivity index (χ0) is 9.72. The summed E-state index contributed by atoms with van der Waals surface area (Å²) in [6.45, 7) is 3.51. The summed E-state index contributed by atoms with van der Waals surface area (Å²) in [5.74, 6) is -0.834. The molecule has 0 spiro atoms. The number of esters is 1. The third kappa shape index (κ3) is 3.34. The number of carbonyl (C=O) groups is 2. The molecular weight excluding hydrogens is 162 g/mol. The second-order valence-electron chi connectivity index (χ2n) is 2.65. The second kappa shape index (κ2) is 4.71. The predicted molar refractivity (Wildman–Crippen MR) is 41.3 cm³/mol. The van der Waals surface area contributed by atoms with Crippen molar-refractivity contribution in [2.24, 2.45) is 11.7 Å². The van der Waals surface area contributed by atoms with E-state index in [4.69, 9.17) is 5.73 Å². The van der Waals surface area contributed by atoms with Crippen molar-refractivity contribution in [3.8, 4) is 0 Å². The van der Waals surface area contributed by atoms with Gasteiger partial charge in [0.15, 0.2) is 0 Å². The van der Waals surface area contributed by atoms with Crippen LogP contribution in [0.5, 0.6) is 0 Å². The number of nitrogens with two attached hydrogens (primary N) is 1. The van der Waals surface area contributed by atoms with Crippen LogP contribution in [0.2, 0.25) is 0 Å². The van der Waals surface area contributed by atoms with Crippen molar-refractivity contribution in [2.45, 2.75) is 19.9 Å². The Hall–Kier alpha value is -1.10. The molecule has 0 aliphatic rings. The number of carbonyl (C=O) groups excluding carboxylic acids is 2. The van der Waals surface area contributed by atoms with Crippen molar-refractivity contribution in [1.82, 2.24) is 0 Å². The van der Waals surface area contributed by atoms with Crippen LogP contribution >= 0.6 is 0 Å². The van der Waals surface area contributed by atoms with Gasteiger partial charge in [0.25, 0.3) is 0 Å². The van der Waals surface area contributed by atoms with Gasteiger partial charge in [-0.15, -0.1) is 0 Å². The molecule has 0 bridgehead atoms. The van der Waals surface area contributed by atoms with Gasteiger partial charge in [-0.3, -0.25) is 0 Å². The molecule has 0 aliphatic heterocycles. The molecule has 1 atom stereocenters. The van der Waals surface area contributed by atoms with Gasteiger partial charge in [-0.05, 0) is 5.92 Å². The fraction of sp³-hybridized carbons (Fsp3) is 0.714. The van der Waals surface area contributed by atoms with E-state index in [1.165, 1.54) is 0 Å². The van der Waals surface area contributed by atoms with E-state index in [-0.39, 0.29) is 5.92 Å². The second-order valence-corrected chi connectivity index (χ2v) is 2.65. The lowest BCUT2D eigenvalue weighted by atomic mass is 10.1. The quantitative estimate of drug-likeness (QED) is 0.481. The molecule has 70 valence electrons. The molecular formula is C7H13NO4. The van der Waals surface area contributed by atoms with Crippen molar-refractivity contribution in [2.75, 3.05) is 7.11 Å². The van der Waals surface area contributed by atoms with E-state index in [1.807, 2.05) is 0 Å². The lowest BCUT2D eigenvalue weighted by Crippen LogP contribution is -2.38. The maximum absolute atomic E-state index is 10.9. The molecule has 0 fully saturated rings. The molecule has 2 N–H and O–H groups in total. The van der Waals surface area contributed by atoms with Crippen LogP contribution in [0.1, 0.15) is 13.8 Å². The van der Waals surface area contributed by atoms with E-state index in [0.717, 1.165) is 7.11 Å². The van der Waals surface area contributed by atoms with E-state index in [2.05, 4.69) is 9.47 Å². The molecule has 12 heavy (non-hydrogen) atoms. The highest BCUT2D eigenvalue weighted by atomic mass is 16.7. The minimum atomic E-state index is -1.03. The normalized spacial score (nSPS) is 12.4. The smallest absolute Gasteiger partial charge is 0.437 e. The standard InChI is InChI=1S/C7H13NO4/c1-4(2)5(8)6(9)12-7(10)11-3/h4-5H,8H2,1-3H3/t5-/m0/s1. The Morgan fingerprint density at radius 3 is 2.17 bits per heavy atom. The van der Waals surface area contributed by atoms with Gasteiger partial charge in [0.05, 0.1) is 7.11 Å². The molecule has 0 heterocycles. The van der Waals surface area contributed by atoms with E-state index in [0.29, 0.717) is 0 Å². The topological polar surface area (TPSA) is 78.6 Å². The van der Waals surface area contributed by atoms with Crippen molar-refractivity contribution in [3.63, 3.8) is 0 Å². The predicted octanol–water partition coefficient (Wildman–Crippen LogP) is 0.279. The van der Waals surface area contributed by atoms with Gasteiger partial charge in [-0.2, -0.15) is 0 Å². The van der Waals surface area contributed by atoms with Crippen LogP contribution < -0.4 is 5.73 Å². The van der Waals surface area contributed by atoms with E-state index < -0.39 is 18.2 Å². The van der Waals surface area contributed by atoms with E-state index in [9.17, 15) is 9.59 Å². The van der Waals surface area contributed by atoms with Crippen molar-refractivity contribution < 1.29 is 19.1 Å². The molecule has 0 rings (SSSR count). The van der Waals surface area contributed by atoms with Gasteiger partial charge in [-0.25, -0.2) is 9.59 Å².